The van der Waals surface area contributed by atoms with Gasteiger partial charge in [0.15, 0.2) is 0 Å². The number of thiophene rings is 1. The van der Waals surface area contributed by atoms with Crippen LogP contribution >= 0.6 is 22.7 Å². The summed E-state index contributed by atoms with van der Waals surface area (Å²) >= 11 is 2.96. The number of thiazole rings is 1. The maximum Gasteiger partial charge on any atom is 0.350 e. The number of ether oxygens (including phenoxy) is 1. The highest BCUT2D eigenvalue weighted by molar-refractivity contribution is 7.24. The van der Waals surface area contributed by atoms with Crippen LogP contribution in [0.2, 0.25) is 0 Å². The van der Waals surface area contributed by atoms with Crippen LogP contribution in [-0.2, 0) is 4.74 Å². The van der Waals surface area contributed by atoms with Crippen molar-refractivity contribution in [3.05, 3.63) is 41.1 Å². The molecule has 21 heavy (non-hydrogen) atoms. The number of carbonyl (C=O) groups excluding carboxylic acids is 1. The third kappa shape index (κ3) is 2.77. The lowest BCUT2D eigenvalue weighted by atomic mass is 10.3. The molecule has 6 heteroatoms. The van der Waals surface area contributed by atoms with Crippen molar-refractivity contribution in [3.63, 3.8) is 0 Å². The first-order valence-corrected chi connectivity index (χ1v) is 8.11. The number of hydrogen-bond donors (Lipinski definition) is 0. The number of nitrogens with zero attached hydrogens (tertiary/aromatic N) is 1. The molecule has 0 bridgehead atoms. The zero-order valence-corrected chi connectivity index (χ0v) is 13.2. The summed E-state index contributed by atoms with van der Waals surface area (Å²) in [6.07, 6.45) is 1.65. The molecule has 0 spiro atoms. The van der Waals surface area contributed by atoms with Crippen LogP contribution in [0.5, 0.6) is 0 Å². The van der Waals surface area contributed by atoms with Gasteiger partial charge in [0, 0.05) is 0 Å². The number of esters is 1. The number of furan rings is 1. The van der Waals surface area contributed by atoms with E-state index in [1.807, 2.05) is 31.2 Å². The Labute approximate surface area is 130 Å². The van der Waals surface area contributed by atoms with E-state index in [4.69, 9.17) is 9.15 Å². The van der Waals surface area contributed by atoms with E-state index in [2.05, 4.69) is 4.98 Å². The number of carbonyl (C=O) groups is 1. The van der Waals surface area contributed by atoms with Crippen molar-refractivity contribution in [1.82, 2.24) is 4.98 Å². The Hall–Kier alpha value is -1.92. The predicted molar refractivity (Wildman–Crippen MR) is 83.8 cm³/mol. The molecule has 0 unspecified atom stereocenters. The molecule has 0 aromatic carbocycles. The van der Waals surface area contributed by atoms with Gasteiger partial charge in [-0.1, -0.05) is 0 Å². The monoisotopic (exact) mass is 319 g/mol. The van der Waals surface area contributed by atoms with Crippen molar-refractivity contribution in [2.24, 2.45) is 0 Å². The van der Waals surface area contributed by atoms with E-state index in [1.165, 1.54) is 11.3 Å². The van der Waals surface area contributed by atoms with E-state index >= 15 is 0 Å². The van der Waals surface area contributed by atoms with Crippen molar-refractivity contribution in [2.45, 2.75) is 13.8 Å². The minimum atomic E-state index is -0.304. The summed E-state index contributed by atoms with van der Waals surface area (Å²) in [6.45, 7) is 3.99. The maximum atomic E-state index is 11.8. The Balaban J connectivity index is 1.91. The molecule has 0 radical (unpaired) electrons. The molecular formula is C15H13NO3S2. The van der Waals surface area contributed by atoms with Crippen LogP contribution in [-0.4, -0.2) is 17.6 Å². The van der Waals surface area contributed by atoms with Crippen molar-refractivity contribution in [3.8, 4) is 20.5 Å². The quantitative estimate of drug-likeness (QED) is 0.659. The number of rotatable bonds is 4. The minimum Gasteiger partial charge on any atom is -0.464 e. The SMILES string of the molecule is CCOC(=O)c1sc(-c2ccc(-c3ccco3)s2)nc1C. The molecule has 3 aromatic rings. The third-order valence-corrected chi connectivity index (χ3v) is 5.24. The Bertz CT molecular complexity index is 756. The van der Waals surface area contributed by atoms with Crippen molar-refractivity contribution in [2.75, 3.05) is 6.61 Å². The van der Waals surface area contributed by atoms with Gasteiger partial charge in [0.05, 0.1) is 28.3 Å². The van der Waals surface area contributed by atoms with Crippen LogP contribution < -0.4 is 0 Å². The number of aryl methyl sites for hydroxylation is 1. The van der Waals surface area contributed by atoms with Crippen molar-refractivity contribution < 1.29 is 13.9 Å². The van der Waals surface area contributed by atoms with E-state index in [9.17, 15) is 4.79 Å². The van der Waals surface area contributed by atoms with E-state index in [-0.39, 0.29) is 5.97 Å². The van der Waals surface area contributed by atoms with Gasteiger partial charge in [0.2, 0.25) is 0 Å². The fourth-order valence-electron chi connectivity index (χ4n) is 1.89. The summed E-state index contributed by atoms with van der Waals surface area (Å²) in [5.41, 5.74) is 0.710. The maximum absolute atomic E-state index is 11.8. The largest absolute Gasteiger partial charge is 0.464 e. The van der Waals surface area contributed by atoms with Gasteiger partial charge in [-0.2, -0.15) is 0 Å². The van der Waals surface area contributed by atoms with Gasteiger partial charge in [-0.3, -0.25) is 0 Å². The number of hydrogen-bond acceptors (Lipinski definition) is 6. The zero-order valence-electron chi connectivity index (χ0n) is 11.6. The van der Waals surface area contributed by atoms with Crippen LogP contribution in [0.15, 0.2) is 34.9 Å². The summed E-state index contributed by atoms with van der Waals surface area (Å²) in [7, 11) is 0. The molecule has 0 N–H and O–H groups in total. The van der Waals surface area contributed by atoms with Crippen LogP contribution in [0.1, 0.15) is 22.3 Å². The molecule has 0 aliphatic rings. The van der Waals surface area contributed by atoms with Gasteiger partial charge in [0.25, 0.3) is 0 Å². The Morgan fingerprint density at radius 3 is 2.81 bits per heavy atom. The van der Waals surface area contributed by atoms with Crippen LogP contribution in [0.3, 0.4) is 0 Å². The number of aromatic nitrogens is 1. The van der Waals surface area contributed by atoms with Crippen molar-refractivity contribution in [1.29, 1.82) is 0 Å². The van der Waals surface area contributed by atoms with Crippen LogP contribution in [0.25, 0.3) is 20.5 Å². The summed E-state index contributed by atoms with van der Waals surface area (Å²) in [4.78, 5) is 18.9. The average molecular weight is 319 g/mol. The fraction of sp³-hybridized carbons (Fsp3) is 0.200. The Kier molecular flexibility index (Phi) is 3.90. The second-order valence-electron chi connectivity index (χ2n) is 4.30. The molecule has 4 nitrogen and oxygen atoms in total. The van der Waals surface area contributed by atoms with E-state index in [0.29, 0.717) is 17.2 Å². The predicted octanol–water partition coefficient (Wildman–Crippen LogP) is 4.62. The zero-order chi connectivity index (χ0) is 14.8. The Morgan fingerprint density at radius 1 is 1.29 bits per heavy atom. The smallest absolute Gasteiger partial charge is 0.350 e. The molecule has 108 valence electrons. The lowest BCUT2D eigenvalue weighted by molar-refractivity contribution is 0.0531. The van der Waals surface area contributed by atoms with Gasteiger partial charge in [0.1, 0.15) is 15.6 Å². The molecule has 0 fully saturated rings. The first-order chi connectivity index (χ1) is 10.2. The summed E-state index contributed by atoms with van der Waals surface area (Å²) in [5, 5.41) is 0.832. The molecule has 0 atom stereocenters. The summed E-state index contributed by atoms with van der Waals surface area (Å²) in [5.74, 6) is 0.534. The molecule has 0 saturated carbocycles. The molecule has 0 aliphatic heterocycles. The van der Waals surface area contributed by atoms with E-state index < -0.39 is 0 Å². The highest BCUT2D eigenvalue weighted by atomic mass is 32.1. The molecular weight excluding hydrogens is 306 g/mol. The highest BCUT2D eigenvalue weighted by Gasteiger charge is 2.18. The summed E-state index contributed by atoms with van der Waals surface area (Å²) < 4.78 is 10.4. The average Bonchev–Trinajstić information content (AvgIpc) is 3.18. The van der Waals surface area contributed by atoms with E-state index in [1.54, 1.807) is 24.5 Å². The third-order valence-electron chi connectivity index (χ3n) is 2.84. The highest BCUT2D eigenvalue weighted by Crippen LogP contribution is 2.37. The van der Waals surface area contributed by atoms with Gasteiger partial charge in [-0.25, -0.2) is 9.78 Å². The van der Waals surface area contributed by atoms with Gasteiger partial charge in [-0.15, -0.1) is 22.7 Å². The minimum absolute atomic E-state index is 0.304. The Morgan fingerprint density at radius 2 is 2.10 bits per heavy atom. The van der Waals surface area contributed by atoms with Crippen LogP contribution in [0, 0.1) is 6.92 Å². The molecule has 3 heterocycles. The lowest BCUT2D eigenvalue weighted by Crippen LogP contribution is -2.03. The molecule has 0 aliphatic carbocycles. The normalized spacial score (nSPS) is 10.8. The van der Waals surface area contributed by atoms with Crippen molar-refractivity contribution >= 4 is 28.6 Å². The van der Waals surface area contributed by atoms with Gasteiger partial charge >= 0.3 is 5.97 Å². The summed E-state index contributed by atoms with van der Waals surface area (Å²) in [6, 6.07) is 7.78. The van der Waals surface area contributed by atoms with Crippen LogP contribution in [0.4, 0.5) is 0 Å². The molecule has 3 aromatic heterocycles. The lowest BCUT2D eigenvalue weighted by Gasteiger charge is -1.97. The van der Waals surface area contributed by atoms with Gasteiger partial charge in [-0.05, 0) is 38.1 Å². The fourth-order valence-corrected chi connectivity index (χ4v) is 3.88. The topological polar surface area (TPSA) is 52.3 Å². The van der Waals surface area contributed by atoms with Gasteiger partial charge < -0.3 is 9.15 Å². The molecule has 0 saturated heterocycles. The molecule has 0 amide bonds. The van der Waals surface area contributed by atoms with E-state index in [0.717, 1.165) is 20.5 Å². The standard InChI is InChI=1S/C15H13NO3S2/c1-3-18-15(17)13-9(2)16-14(21-13)12-7-6-11(20-12)10-5-4-8-19-10/h4-8H,3H2,1-2H3. The molecule has 3 rings (SSSR count). The first kappa shape index (κ1) is 14.0. The second kappa shape index (κ2) is 5.83. The second-order valence-corrected chi connectivity index (χ2v) is 6.38. The first-order valence-electron chi connectivity index (χ1n) is 6.47.